The van der Waals surface area contributed by atoms with E-state index < -0.39 is 5.54 Å². The van der Waals surface area contributed by atoms with Crippen LogP contribution in [0.2, 0.25) is 0 Å². The van der Waals surface area contributed by atoms with Crippen LogP contribution in [0, 0.1) is 6.92 Å². The maximum absolute atomic E-state index is 12.6. The molecule has 24 heavy (non-hydrogen) atoms. The van der Waals surface area contributed by atoms with Gasteiger partial charge in [0.05, 0.1) is 24.6 Å². The topological polar surface area (TPSA) is 72.3 Å². The zero-order chi connectivity index (χ0) is 17.2. The van der Waals surface area contributed by atoms with Gasteiger partial charge in [-0.25, -0.2) is 4.98 Å². The minimum absolute atomic E-state index is 0.129. The summed E-state index contributed by atoms with van der Waals surface area (Å²) in [5.41, 5.74) is 0.736. The van der Waals surface area contributed by atoms with Gasteiger partial charge in [-0.05, 0) is 39.0 Å². The lowest BCUT2D eigenvalue weighted by atomic mass is 10.0. The molecule has 2 aromatic heterocycles. The van der Waals surface area contributed by atoms with Crippen LogP contribution >= 0.6 is 0 Å². The summed E-state index contributed by atoms with van der Waals surface area (Å²) in [6, 6.07) is 5.65. The Bertz CT molecular complexity index is 706. The highest BCUT2D eigenvalue weighted by Crippen LogP contribution is 2.22. The molecule has 1 saturated heterocycles. The number of anilines is 2. The Balaban J connectivity index is 1.74. The summed E-state index contributed by atoms with van der Waals surface area (Å²) in [4.78, 5) is 19.5. The van der Waals surface area contributed by atoms with Gasteiger partial charge in [0.2, 0.25) is 0 Å². The minimum atomic E-state index is -0.779. The van der Waals surface area contributed by atoms with E-state index in [4.69, 9.17) is 4.74 Å². The lowest BCUT2D eigenvalue weighted by molar-refractivity contribution is -0.123. The first-order chi connectivity index (χ1) is 11.5. The first kappa shape index (κ1) is 16.4. The molecular formula is C17H23N5O2. The second-order valence-electron chi connectivity index (χ2n) is 6.37. The lowest BCUT2D eigenvalue weighted by Gasteiger charge is -2.28. The number of amides is 1. The van der Waals surface area contributed by atoms with Gasteiger partial charge < -0.3 is 15.0 Å². The number of ether oxygens (including phenoxy) is 1. The largest absolute Gasteiger partial charge is 0.378 e. The molecule has 7 heteroatoms. The normalized spacial score (nSPS) is 15.4. The van der Waals surface area contributed by atoms with Crippen molar-refractivity contribution in [3.63, 3.8) is 0 Å². The Morgan fingerprint density at radius 1 is 1.29 bits per heavy atom. The van der Waals surface area contributed by atoms with Gasteiger partial charge in [0, 0.05) is 25.5 Å². The Kier molecular flexibility index (Phi) is 4.53. The monoisotopic (exact) mass is 329 g/mol. The predicted octanol–water partition coefficient (Wildman–Crippen LogP) is 1.80. The van der Waals surface area contributed by atoms with Crippen LogP contribution in [0.5, 0.6) is 0 Å². The maximum Gasteiger partial charge on any atom is 0.251 e. The highest BCUT2D eigenvalue weighted by atomic mass is 16.5. The molecule has 2 aromatic rings. The van der Waals surface area contributed by atoms with Crippen molar-refractivity contribution in [3.05, 3.63) is 36.3 Å². The average molecular weight is 329 g/mol. The van der Waals surface area contributed by atoms with Crippen molar-refractivity contribution in [2.75, 3.05) is 36.5 Å². The molecule has 0 bridgehead atoms. The number of nitrogens with one attached hydrogen (secondary N) is 1. The van der Waals surface area contributed by atoms with Gasteiger partial charge in [-0.3, -0.25) is 9.48 Å². The Labute approximate surface area is 141 Å². The summed E-state index contributed by atoms with van der Waals surface area (Å²) < 4.78 is 7.01. The Morgan fingerprint density at radius 3 is 2.67 bits per heavy atom. The molecule has 1 N–H and O–H groups in total. The van der Waals surface area contributed by atoms with E-state index in [2.05, 4.69) is 20.3 Å². The molecule has 0 unspecified atom stereocenters. The number of aromatic nitrogens is 3. The number of hydrogen-bond acceptors (Lipinski definition) is 5. The van der Waals surface area contributed by atoms with Gasteiger partial charge >= 0.3 is 0 Å². The van der Waals surface area contributed by atoms with Crippen LogP contribution in [0.4, 0.5) is 11.5 Å². The number of morpholine rings is 1. The van der Waals surface area contributed by atoms with Crippen molar-refractivity contribution >= 4 is 17.4 Å². The first-order valence-electron chi connectivity index (χ1n) is 8.10. The van der Waals surface area contributed by atoms with Gasteiger partial charge in [-0.2, -0.15) is 5.10 Å². The molecule has 0 radical (unpaired) electrons. The third kappa shape index (κ3) is 3.26. The van der Waals surface area contributed by atoms with Crippen LogP contribution in [0.25, 0.3) is 0 Å². The zero-order valence-corrected chi connectivity index (χ0v) is 14.3. The molecule has 0 aliphatic carbocycles. The van der Waals surface area contributed by atoms with Crippen LogP contribution in [-0.2, 0) is 15.1 Å². The molecule has 128 valence electrons. The Hall–Kier alpha value is -2.41. The van der Waals surface area contributed by atoms with E-state index in [-0.39, 0.29) is 5.91 Å². The molecule has 1 fully saturated rings. The van der Waals surface area contributed by atoms with E-state index in [0.717, 1.165) is 43.5 Å². The molecule has 0 spiro atoms. The third-order valence-corrected chi connectivity index (χ3v) is 4.29. The molecular weight excluding hydrogens is 306 g/mol. The third-order valence-electron chi connectivity index (χ3n) is 4.29. The fourth-order valence-electron chi connectivity index (χ4n) is 2.63. The van der Waals surface area contributed by atoms with E-state index in [1.165, 1.54) is 0 Å². The number of nitrogens with zero attached hydrogens (tertiary/aromatic N) is 4. The summed E-state index contributed by atoms with van der Waals surface area (Å²) in [5.74, 6) is 0.787. The molecule has 3 heterocycles. The quantitative estimate of drug-likeness (QED) is 0.926. The molecule has 0 aromatic carbocycles. The number of carbonyl (C=O) groups excluding carboxylic acids is 1. The number of aryl methyl sites for hydroxylation is 1. The van der Waals surface area contributed by atoms with Crippen LogP contribution in [0.1, 0.15) is 19.5 Å². The van der Waals surface area contributed by atoms with E-state index in [1.54, 1.807) is 23.1 Å². The van der Waals surface area contributed by atoms with E-state index in [0.29, 0.717) is 0 Å². The van der Waals surface area contributed by atoms with Gasteiger partial charge in [0.25, 0.3) is 5.91 Å². The summed E-state index contributed by atoms with van der Waals surface area (Å²) in [5, 5.41) is 7.13. The fourth-order valence-corrected chi connectivity index (χ4v) is 2.63. The van der Waals surface area contributed by atoms with E-state index in [9.17, 15) is 4.79 Å². The second kappa shape index (κ2) is 6.60. The molecule has 3 rings (SSSR count). The van der Waals surface area contributed by atoms with Crippen LogP contribution < -0.4 is 10.2 Å². The second-order valence-corrected chi connectivity index (χ2v) is 6.37. The van der Waals surface area contributed by atoms with Crippen LogP contribution in [0.3, 0.4) is 0 Å². The Morgan fingerprint density at radius 2 is 2.04 bits per heavy atom. The number of rotatable bonds is 4. The van der Waals surface area contributed by atoms with Gasteiger partial charge in [-0.1, -0.05) is 0 Å². The van der Waals surface area contributed by atoms with Crippen LogP contribution in [-0.4, -0.2) is 47.0 Å². The minimum Gasteiger partial charge on any atom is -0.378 e. The van der Waals surface area contributed by atoms with Crippen molar-refractivity contribution in [1.82, 2.24) is 14.8 Å². The molecule has 7 nitrogen and oxygen atoms in total. The van der Waals surface area contributed by atoms with Crippen molar-refractivity contribution in [3.8, 4) is 0 Å². The van der Waals surface area contributed by atoms with Crippen molar-refractivity contribution < 1.29 is 9.53 Å². The maximum atomic E-state index is 12.6. The fraction of sp³-hybridized carbons (Fsp3) is 0.471. The van der Waals surface area contributed by atoms with Gasteiger partial charge in [-0.15, -0.1) is 0 Å². The molecule has 1 aliphatic heterocycles. The highest BCUT2D eigenvalue weighted by Gasteiger charge is 2.30. The first-order valence-corrected chi connectivity index (χ1v) is 8.10. The van der Waals surface area contributed by atoms with E-state index in [1.807, 2.05) is 32.9 Å². The van der Waals surface area contributed by atoms with Crippen molar-refractivity contribution in [2.45, 2.75) is 26.3 Å². The number of carbonyl (C=O) groups is 1. The summed E-state index contributed by atoms with van der Waals surface area (Å²) in [6.07, 6.45) is 3.45. The highest BCUT2D eigenvalue weighted by molar-refractivity contribution is 5.96. The zero-order valence-electron chi connectivity index (χ0n) is 14.3. The summed E-state index contributed by atoms with van der Waals surface area (Å²) in [6.45, 7) is 8.68. The number of hydrogen-bond donors (Lipinski definition) is 1. The molecule has 1 aliphatic rings. The smallest absolute Gasteiger partial charge is 0.251 e. The van der Waals surface area contributed by atoms with Gasteiger partial charge in [0.1, 0.15) is 11.4 Å². The summed E-state index contributed by atoms with van der Waals surface area (Å²) in [7, 11) is 0. The van der Waals surface area contributed by atoms with Crippen molar-refractivity contribution in [1.29, 1.82) is 0 Å². The average Bonchev–Trinajstić information content (AvgIpc) is 3.12. The molecule has 0 saturated carbocycles. The molecule has 1 amide bonds. The number of pyridine rings is 1. The van der Waals surface area contributed by atoms with Crippen LogP contribution in [0.15, 0.2) is 30.6 Å². The predicted molar refractivity (Wildman–Crippen MR) is 92.2 cm³/mol. The lowest BCUT2D eigenvalue weighted by Crippen LogP contribution is -2.41. The SMILES string of the molecule is Cc1nc(N2CCOCC2)ccc1NC(=O)C(C)(C)n1cccn1. The van der Waals surface area contributed by atoms with E-state index >= 15 is 0 Å². The summed E-state index contributed by atoms with van der Waals surface area (Å²) >= 11 is 0. The molecule has 0 atom stereocenters. The van der Waals surface area contributed by atoms with Crippen molar-refractivity contribution in [2.24, 2.45) is 0 Å². The van der Waals surface area contributed by atoms with Gasteiger partial charge in [0.15, 0.2) is 0 Å². The standard InChI is InChI=1S/C17H23N5O2/c1-13-14(5-6-15(19-13)21-9-11-24-12-10-21)20-16(23)17(2,3)22-8-4-7-18-22/h4-8H,9-12H2,1-3H3,(H,20,23).